The van der Waals surface area contributed by atoms with Crippen LogP contribution in [-0.2, 0) is 4.74 Å². The van der Waals surface area contributed by atoms with E-state index in [9.17, 15) is 5.11 Å². The molecule has 3 N–H and O–H groups in total. The number of aliphatic hydroxyl groups excluding tert-OH is 2. The molecule has 1 aromatic rings. The van der Waals surface area contributed by atoms with E-state index >= 15 is 0 Å². The Bertz CT molecular complexity index is 474. The summed E-state index contributed by atoms with van der Waals surface area (Å²) in [6, 6.07) is 1.72. The molecule has 3 rings (SSSR count). The van der Waals surface area contributed by atoms with Crippen molar-refractivity contribution in [1.29, 1.82) is 5.41 Å². The lowest BCUT2D eigenvalue weighted by molar-refractivity contribution is -0.0548. The Morgan fingerprint density at radius 1 is 1.56 bits per heavy atom. The van der Waals surface area contributed by atoms with Gasteiger partial charge in [-0.2, -0.15) is 4.98 Å². The Balaban J connectivity index is 2.07. The molecule has 0 radical (unpaired) electrons. The van der Waals surface area contributed by atoms with Crippen LogP contribution in [0.3, 0.4) is 0 Å². The van der Waals surface area contributed by atoms with Crippen molar-refractivity contribution in [3.63, 3.8) is 0 Å². The first-order chi connectivity index (χ1) is 7.70. The molecule has 4 atom stereocenters. The third kappa shape index (κ3) is 1.19. The van der Waals surface area contributed by atoms with Crippen LogP contribution in [0.5, 0.6) is 6.01 Å². The normalized spacial score (nSPS) is 35.6. The summed E-state index contributed by atoms with van der Waals surface area (Å²) in [7, 11) is 0. The Kier molecular flexibility index (Phi) is 2.00. The summed E-state index contributed by atoms with van der Waals surface area (Å²) in [4.78, 5) is 3.89. The fourth-order valence-corrected chi connectivity index (χ4v) is 2.06. The SMILES string of the molecule is N=c1ccn2c(n1)O[C@H]1[C@@H](O)[C@H]2O[C@@H]1CO. The second kappa shape index (κ2) is 3.27. The molecule has 0 saturated carbocycles. The van der Waals surface area contributed by atoms with Crippen LogP contribution in [0.15, 0.2) is 12.3 Å². The predicted octanol–water partition coefficient (Wildman–Crippen LogP) is -1.63. The quantitative estimate of drug-likeness (QED) is 0.533. The number of nitrogens with one attached hydrogen (secondary N) is 1. The zero-order chi connectivity index (χ0) is 11.3. The first kappa shape index (κ1) is 9.76. The Labute approximate surface area is 90.4 Å². The minimum atomic E-state index is -0.826. The van der Waals surface area contributed by atoms with Crippen LogP contribution in [0, 0.1) is 5.41 Å². The van der Waals surface area contributed by atoms with E-state index < -0.39 is 24.5 Å². The van der Waals surface area contributed by atoms with Gasteiger partial charge in [-0.15, -0.1) is 0 Å². The lowest BCUT2D eigenvalue weighted by Crippen LogP contribution is -2.43. The van der Waals surface area contributed by atoms with Gasteiger partial charge in [0.05, 0.1) is 6.61 Å². The summed E-state index contributed by atoms with van der Waals surface area (Å²) in [5, 5.41) is 26.3. The average Bonchev–Trinajstić information content (AvgIpc) is 2.49. The number of hydrogen-bond acceptors (Lipinski definition) is 6. The molecule has 2 aliphatic rings. The third-order valence-corrected chi connectivity index (χ3v) is 2.83. The van der Waals surface area contributed by atoms with Crippen molar-refractivity contribution in [3.8, 4) is 6.01 Å². The number of hydrogen-bond donors (Lipinski definition) is 3. The fraction of sp³-hybridized carbons (Fsp3) is 0.556. The van der Waals surface area contributed by atoms with E-state index in [4.69, 9.17) is 20.0 Å². The molecule has 0 spiro atoms. The van der Waals surface area contributed by atoms with Gasteiger partial charge in [0.25, 0.3) is 0 Å². The first-order valence-electron chi connectivity index (χ1n) is 4.95. The van der Waals surface area contributed by atoms with Crippen molar-refractivity contribution in [2.24, 2.45) is 0 Å². The maximum atomic E-state index is 9.87. The van der Waals surface area contributed by atoms with Gasteiger partial charge in [-0.25, -0.2) is 0 Å². The van der Waals surface area contributed by atoms with Gasteiger partial charge in [0.15, 0.2) is 17.8 Å². The highest BCUT2D eigenvalue weighted by Gasteiger charge is 2.50. The standard InChI is InChI=1S/C9H11N3O4/c10-5-1-2-12-8-6(14)7(4(3-13)15-8)16-9(12)11-5/h1-2,4,6-8,10,13-14H,3H2/t4-,6-,7-,8-/m1/s1. The minimum absolute atomic E-state index is 0.0857. The van der Waals surface area contributed by atoms with E-state index in [-0.39, 0.29) is 18.1 Å². The number of fused-ring (bicyclic) bond motifs is 4. The van der Waals surface area contributed by atoms with Gasteiger partial charge >= 0.3 is 6.01 Å². The fourth-order valence-electron chi connectivity index (χ4n) is 2.06. The molecule has 0 unspecified atom stereocenters. The molecule has 1 aromatic heterocycles. The predicted molar refractivity (Wildman–Crippen MR) is 49.5 cm³/mol. The maximum Gasteiger partial charge on any atom is 0.300 e. The summed E-state index contributed by atoms with van der Waals surface area (Å²) >= 11 is 0. The van der Waals surface area contributed by atoms with E-state index in [0.717, 1.165) is 0 Å². The van der Waals surface area contributed by atoms with Crippen LogP contribution in [0.25, 0.3) is 0 Å². The molecule has 86 valence electrons. The van der Waals surface area contributed by atoms with E-state index in [1.54, 1.807) is 6.20 Å². The molecule has 7 heteroatoms. The summed E-state index contributed by atoms with van der Waals surface area (Å²) < 4.78 is 12.4. The second-order valence-electron chi connectivity index (χ2n) is 3.82. The van der Waals surface area contributed by atoms with Crippen molar-refractivity contribution in [2.45, 2.75) is 24.5 Å². The molecule has 0 amide bonds. The van der Waals surface area contributed by atoms with Crippen molar-refractivity contribution in [3.05, 3.63) is 17.8 Å². The average molecular weight is 225 g/mol. The van der Waals surface area contributed by atoms with Gasteiger partial charge in [-0.3, -0.25) is 9.98 Å². The highest BCUT2D eigenvalue weighted by molar-refractivity contribution is 5.09. The van der Waals surface area contributed by atoms with E-state index in [1.807, 2.05) is 0 Å². The van der Waals surface area contributed by atoms with Crippen molar-refractivity contribution in [1.82, 2.24) is 9.55 Å². The summed E-state index contributed by atoms with van der Waals surface area (Å²) in [5.74, 6) is 0. The van der Waals surface area contributed by atoms with Crippen LogP contribution in [0.2, 0.25) is 0 Å². The maximum absolute atomic E-state index is 9.87. The van der Waals surface area contributed by atoms with Crippen LogP contribution in [0.4, 0.5) is 0 Å². The first-order valence-corrected chi connectivity index (χ1v) is 4.95. The number of aliphatic hydroxyl groups is 2. The molecular weight excluding hydrogens is 214 g/mol. The van der Waals surface area contributed by atoms with Gasteiger partial charge in [-0.05, 0) is 6.07 Å². The molecule has 0 aromatic carbocycles. The molecular formula is C9H11N3O4. The zero-order valence-electron chi connectivity index (χ0n) is 8.28. The van der Waals surface area contributed by atoms with E-state index in [1.165, 1.54) is 10.6 Å². The van der Waals surface area contributed by atoms with Crippen LogP contribution >= 0.6 is 0 Å². The van der Waals surface area contributed by atoms with Crippen LogP contribution in [0.1, 0.15) is 6.23 Å². The molecule has 16 heavy (non-hydrogen) atoms. The molecule has 1 saturated heterocycles. The van der Waals surface area contributed by atoms with Gasteiger partial charge in [0.1, 0.15) is 12.2 Å². The van der Waals surface area contributed by atoms with Crippen molar-refractivity contribution < 1.29 is 19.7 Å². The van der Waals surface area contributed by atoms with Crippen molar-refractivity contribution in [2.75, 3.05) is 6.61 Å². The van der Waals surface area contributed by atoms with E-state index in [0.29, 0.717) is 0 Å². The summed E-state index contributed by atoms with van der Waals surface area (Å²) in [5.41, 5.74) is 0.0857. The Morgan fingerprint density at radius 3 is 3.12 bits per heavy atom. The smallest absolute Gasteiger partial charge is 0.300 e. The second-order valence-corrected chi connectivity index (χ2v) is 3.82. The topological polar surface area (TPSA) is 101 Å². The highest BCUT2D eigenvalue weighted by atomic mass is 16.6. The lowest BCUT2D eigenvalue weighted by atomic mass is 10.1. The van der Waals surface area contributed by atoms with Crippen molar-refractivity contribution >= 4 is 0 Å². The molecule has 2 bridgehead atoms. The van der Waals surface area contributed by atoms with Gasteiger partial charge < -0.3 is 19.7 Å². The molecule has 7 nitrogen and oxygen atoms in total. The van der Waals surface area contributed by atoms with Crippen LogP contribution in [-0.4, -0.2) is 44.7 Å². The summed E-state index contributed by atoms with van der Waals surface area (Å²) in [6.07, 6.45) is -1.03. The third-order valence-electron chi connectivity index (χ3n) is 2.83. The Hall–Kier alpha value is -1.44. The zero-order valence-corrected chi connectivity index (χ0v) is 8.28. The number of nitrogens with zero attached hydrogens (tertiary/aromatic N) is 2. The number of ether oxygens (including phenoxy) is 2. The molecule has 2 aliphatic heterocycles. The van der Waals surface area contributed by atoms with Gasteiger partial charge in [-0.1, -0.05) is 0 Å². The monoisotopic (exact) mass is 225 g/mol. The largest absolute Gasteiger partial charge is 0.455 e. The lowest BCUT2D eigenvalue weighted by Gasteiger charge is -2.27. The molecule has 1 fully saturated rings. The number of rotatable bonds is 1. The molecule has 0 aliphatic carbocycles. The highest BCUT2D eigenvalue weighted by Crippen LogP contribution is 2.37. The minimum Gasteiger partial charge on any atom is -0.455 e. The van der Waals surface area contributed by atoms with Gasteiger partial charge in [0, 0.05) is 6.20 Å². The summed E-state index contributed by atoms with van der Waals surface area (Å²) in [6.45, 7) is -0.222. The molecule has 3 heterocycles. The Morgan fingerprint density at radius 2 is 2.38 bits per heavy atom. The van der Waals surface area contributed by atoms with Crippen LogP contribution < -0.4 is 10.2 Å². The van der Waals surface area contributed by atoms with Gasteiger partial charge in [0.2, 0.25) is 0 Å². The number of aromatic nitrogens is 2. The van der Waals surface area contributed by atoms with E-state index in [2.05, 4.69) is 4.98 Å².